The second-order valence-electron chi connectivity index (χ2n) is 4.24. The summed E-state index contributed by atoms with van der Waals surface area (Å²) in [5, 5.41) is 0. The van der Waals surface area contributed by atoms with Crippen LogP contribution in [0.1, 0.15) is 26.2 Å². The Morgan fingerprint density at radius 1 is 1.67 bits per heavy atom. The van der Waals surface area contributed by atoms with Crippen LogP contribution in [0.4, 0.5) is 0 Å². The predicted molar refractivity (Wildman–Crippen MR) is 59.4 cm³/mol. The van der Waals surface area contributed by atoms with Crippen LogP contribution in [-0.4, -0.2) is 43.7 Å². The maximum Gasteiger partial charge on any atom is 0.222 e. The van der Waals surface area contributed by atoms with Crippen molar-refractivity contribution in [3.05, 3.63) is 0 Å². The number of nitrogens with two attached hydrogens (primary N) is 1. The van der Waals surface area contributed by atoms with E-state index in [1.165, 1.54) is 0 Å². The molecule has 1 fully saturated rings. The van der Waals surface area contributed by atoms with Crippen LogP contribution in [0.25, 0.3) is 0 Å². The molecular weight excluding hydrogens is 192 g/mol. The van der Waals surface area contributed by atoms with Crippen molar-refractivity contribution in [3.63, 3.8) is 0 Å². The molecule has 2 atom stereocenters. The second kappa shape index (κ2) is 6.08. The summed E-state index contributed by atoms with van der Waals surface area (Å²) in [6.45, 7) is 4.12. The van der Waals surface area contributed by atoms with Crippen LogP contribution >= 0.6 is 0 Å². The van der Waals surface area contributed by atoms with E-state index in [9.17, 15) is 4.79 Å². The third-order valence-electron chi connectivity index (χ3n) is 3.22. The van der Waals surface area contributed by atoms with Gasteiger partial charge in [0, 0.05) is 20.1 Å². The minimum Gasteiger partial charge on any atom is -0.379 e. The van der Waals surface area contributed by atoms with E-state index in [0.717, 1.165) is 19.4 Å². The lowest BCUT2D eigenvalue weighted by atomic mass is 10.0. The van der Waals surface area contributed by atoms with E-state index in [1.54, 1.807) is 0 Å². The van der Waals surface area contributed by atoms with Gasteiger partial charge in [0.2, 0.25) is 5.91 Å². The minimum absolute atomic E-state index is 0.197. The Morgan fingerprint density at radius 3 is 2.87 bits per heavy atom. The SMILES string of the molecule is CCC(CN)CC(=O)N(C)C1CCOC1. The number of nitrogens with zero attached hydrogens (tertiary/aromatic N) is 1. The van der Waals surface area contributed by atoms with Crippen molar-refractivity contribution < 1.29 is 9.53 Å². The fraction of sp³-hybridized carbons (Fsp3) is 0.909. The van der Waals surface area contributed by atoms with Gasteiger partial charge in [0.05, 0.1) is 12.6 Å². The van der Waals surface area contributed by atoms with E-state index in [-0.39, 0.29) is 11.9 Å². The lowest BCUT2D eigenvalue weighted by Gasteiger charge is -2.25. The number of ether oxygens (including phenoxy) is 1. The van der Waals surface area contributed by atoms with E-state index in [2.05, 4.69) is 6.92 Å². The average Bonchev–Trinajstić information content (AvgIpc) is 2.77. The summed E-state index contributed by atoms with van der Waals surface area (Å²) < 4.78 is 5.27. The maximum absolute atomic E-state index is 11.9. The number of hydrogen-bond donors (Lipinski definition) is 1. The Hall–Kier alpha value is -0.610. The van der Waals surface area contributed by atoms with E-state index in [4.69, 9.17) is 10.5 Å². The lowest BCUT2D eigenvalue weighted by molar-refractivity contribution is -0.133. The highest BCUT2D eigenvalue weighted by Gasteiger charge is 2.24. The Kier molecular flexibility index (Phi) is 5.05. The van der Waals surface area contributed by atoms with Crippen molar-refractivity contribution >= 4 is 5.91 Å². The first-order valence-electron chi connectivity index (χ1n) is 5.72. The average molecular weight is 214 g/mol. The van der Waals surface area contributed by atoms with E-state index >= 15 is 0 Å². The molecule has 4 nitrogen and oxygen atoms in total. The molecule has 1 aliphatic rings. The largest absolute Gasteiger partial charge is 0.379 e. The number of carbonyl (C=O) groups excluding carboxylic acids is 1. The summed E-state index contributed by atoms with van der Waals surface area (Å²) in [6.07, 6.45) is 2.50. The van der Waals surface area contributed by atoms with Gasteiger partial charge < -0.3 is 15.4 Å². The molecular formula is C11H22N2O2. The second-order valence-corrected chi connectivity index (χ2v) is 4.24. The van der Waals surface area contributed by atoms with Gasteiger partial charge >= 0.3 is 0 Å². The fourth-order valence-electron chi connectivity index (χ4n) is 1.82. The highest BCUT2D eigenvalue weighted by Crippen LogP contribution is 2.14. The van der Waals surface area contributed by atoms with Gasteiger partial charge in [0.1, 0.15) is 0 Å². The van der Waals surface area contributed by atoms with Crippen LogP contribution in [0.5, 0.6) is 0 Å². The zero-order chi connectivity index (χ0) is 11.3. The Labute approximate surface area is 91.8 Å². The van der Waals surface area contributed by atoms with Gasteiger partial charge in [-0.25, -0.2) is 0 Å². The third kappa shape index (κ3) is 3.47. The molecule has 0 spiro atoms. The molecule has 15 heavy (non-hydrogen) atoms. The van der Waals surface area contributed by atoms with Crippen LogP contribution in [0, 0.1) is 5.92 Å². The van der Waals surface area contributed by atoms with Crippen LogP contribution in [0.15, 0.2) is 0 Å². The van der Waals surface area contributed by atoms with Crippen molar-refractivity contribution in [2.45, 2.75) is 32.2 Å². The molecule has 0 aliphatic carbocycles. The lowest BCUT2D eigenvalue weighted by Crippen LogP contribution is -2.38. The first-order chi connectivity index (χ1) is 7.19. The van der Waals surface area contributed by atoms with Crippen molar-refractivity contribution in [1.29, 1.82) is 0 Å². The Morgan fingerprint density at radius 2 is 2.40 bits per heavy atom. The monoisotopic (exact) mass is 214 g/mol. The van der Waals surface area contributed by atoms with Crippen molar-refractivity contribution in [2.75, 3.05) is 26.8 Å². The number of hydrogen-bond acceptors (Lipinski definition) is 3. The van der Waals surface area contributed by atoms with Crippen molar-refractivity contribution in [3.8, 4) is 0 Å². The number of likely N-dealkylation sites (N-methyl/N-ethyl adjacent to an activating group) is 1. The summed E-state index contributed by atoms with van der Waals surface area (Å²) in [5.41, 5.74) is 5.59. The van der Waals surface area contributed by atoms with Crippen LogP contribution < -0.4 is 5.73 Å². The third-order valence-corrected chi connectivity index (χ3v) is 3.22. The van der Waals surface area contributed by atoms with Gasteiger partial charge in [0.25, 0.3) is 0 Å². The molecule has 0 aromatic heterocycles. The normalized spacial score (nSPS) is 22.7. The smallest absolute Gasteiger partial charge is 0.222 e. The van der Waals surface area contributed by atoms with Crippen LogP contribution in [0.2, 0.25) is 0 Å². The van der Waals surface area contributed by atoms with Gasteiger partial charge in [-0.05, 0) is 18.9 Å². The molecule has 1 aliphatic heterocycles. The Balaban J connectivity index is 2.37. The van der Waals surface area contributed by atoms with E-state index < -0.39 is 0 Å². The van der Waals surface area contributed by atoms with E-state index in [1.807, 2.05) is 11.9 Å². The zero-order valence-corrected chi connectivity index (χ0v) is 9.74. The summed E-state index contributed by atoms with van der Waals surface area (Å²) in [4.78, 5) is 13.7. The fourth-order valence-corrected chi connectivity index (χ4v) is 1.82. The topological polar surface area (TPSA) is 55.6 Å². The summed E-state index contributed by atoms with van der Waals surface area (Å²) in [5.74, 6) is 0.519. The first kappa shape index (κ1) is 12.5. The molecule has 2 unspecified atom stereocenters. The predicted octanol–water partition coefficient (Wildman–Crippen LogP) is 0.609. The molecule has 0 saturated carbocycles. The minimum atomic E-state index is 0.197. The molecule has 1 heterocycles. The molecule has 0 aromatic carbocycles. The molecule has 1 rings (SSSR count). The first-order valence-corrected chi connectivity index (χ1v) is 5.72. The number of rotatable bonds is 5. The molecule has 88 valence electrons. The van der Waals surface area contributed by atoms with Gasteiger partial charge in [-0.15, -0.1) is 0 Å². The van der Waals surface area contributed by atoms with Gasteiger partial charge in [-0.1, -0.05) is 13.3 Å². The molecule has 2 N–H and O–H groups in total. The van der Waals surface area contributed by atoms with Gasteiger partial charge in [0.15, 0.2) is 0 Å². The molecule has 0 bridgehead atoms. The molecule has 4 heteroatoms. The molecule has 1 amide bonds. The highest BCUT2D eigenvalue weighted by molar-refractivity contribution is 5.76. The van der Waals surface area contributed by atoms with Crippen molar-refractivity contribution in [2.24, 2.45) is 11.7 Å². The van der Waals surface area contributed by atoms with Crippen LogP contribution in [-0.2, 0) is 9.53 Å². The Bertz CT molecular complexity index is 199. The highest BCUT2D eigenvalue weighted by atomic mass is 16.5. The zero-order valence-electron chi connectivity index (χ0n) is 9.74. The molecule has 0 radical (unpaired) electrons. The van der Waals surface area contributed by atoms with Gasteiger partial charge in [-0.2, -0.15) is 0 Å². The molecule has 0 aromatic rings. The molecule has 1 saturated heterocycles. The van der Waals surface area contributed by atoms with Crippen molar-refractivity contribution in [1.82, 2.24) is 4.90 Å². The summed E-state index contributed by atoms with van der Waals surface area (Å²) in [6, 6.07) is 0.271. The summed E-state index contributed by atoms with van der Waals surface area (Å²) >= 11 is 0. The van der Waals surface area contributed by atoms with E-state index in [0.29, 0.717) is 25.5 Å². The quantitative estimate of drug-likeness (QED) is 0.729. The van der Waals surface area contributed by atoms with Crippen LogP contribution in [0.3, 0.4) is 0 Å². The van der Waals surface area contributed by atoms with Gasteiger partial charge in [-0.3, -0.25) is 4.79 Å². The standard InChI is InChI=1S/C11H22N2O2/c1-3-9(7-12)6-11(14)13(2)10-4-5-15-8-10/h9-10H,3-8,12H2,1-2H3. The number of carbonyl (C=O) groups is 1. The summed E-state index contributed by atoms with van der Waals surface area (Å²) in [7, 11) is 1.87. The number of amides is 1. The maximum atomic E-state index is 11.9.